The summed E-state index contributed by atoms with van der Waals surface area (Å²) in [6, 6.07) is 19.6. The molecule has 2 heterocycles. The van der Waals surface area contributed by atoms with Crippen molar-refractivity contribution in [2.45, 2.75) is 0 Å². The van der Waals surface area contributed by atoms with E-state index >= 15 is 0 Å². The first-order valence-corrected chi connectivity index (χ1v) is 9.93. The molecule has 0 aliphatic carbocycles. The summed E-state index contributed by atoms with van der Waals surface area (Å²) in [4.78, 5) is 21.0. The van der Waals surface area contributed by atoms with E-state index in [0.717, 1.165) is 29.0 Å². The Morgan fingerprint density at radius 2 is 1.68 bits per heavy atom. The Labute approximate surface area is 180 Å². The lowest BCUT2D eigenvalue weighted by Gasteiger charge is -2.10. The van der Waals surface area contributed by atoms with Gasteiger partial charge in [0, 0.05) is 29.9 Å². The molecule has 2 aromatic heterocycles. The molecule has 0 bridgehead atoms. The maximum absolute atomic E-state index is 12.3. The standard InChI is InChI=1S/C24H23N5O2/c1-26-12-13-31-19-8-6-17(7-9-19)16-2-4-18(5-3-16)23-14-20(24(30)29-25)21-15-27-11-10-22(21)28-23/h2-11,14-15,26H,12-13,25H2,1H3,(H,29,30). The summed E-state index contributed by atoms with van der Waals surface area (Å²) in [7, 11) is 1.90. The van der Waals surface area contributed by atoms with Crippen molar-refractivity contribution in [3.05, 3.63) is 78.6 Å². The SMILES string of the molecule is CNCCOc1ccc(-c2ccc(-c3cc(C(=O)NN)c4cnccc4n3)cc2)cc1. The van der Waals surface area contributed by atoms with Crippen molar-refractivity contribution in [3.63, 3.8) is 0 Å². The predicted octanol–water partition coefficient (Wildman–Crippen LogP) is 3.17. The molecular weight excluding hydrogens is 390 g/mol. The fourth-order valence-corrected chi connectivity index (χ4v) is 3.33. The molecule has 0 saturated heterocycles. The van der Waals surface area contributed by atoms with Gasteiger partial charge in [-0.05, 0) is 42.4 Å². The molecule has 4 rings (SSSR count). The Bertz CT molecular complexity index is 1190. The molecule has 0 fully saturated rings. The summed E-state index contributed by atoms with van der Waals surface area (Å²) >= 11 is 0. The zero-order chi connectivity index (χ0) is 21.6. The number of pyridine rings is 2. The molecular formula is C24H23N5O2. The maximum Gasteiger partial charge on any atom is 0.265 e. The third-order valence-electron chi connectivity index (χ3n) is 4.98. The van der Waals surface area contributed by atoms with E-state index in [4.69, 9.17) is 10.6 Å². The highest BCUT2D eigenvalue weighted by Crippen LogP contribution is 2.28. The van der Waals surface area contributed by atoms with Gasteiger partial charge in [-0.3, -0.25) is 15.2 Å². The Morgan fingerprint density at radius 3 is 2.35 bits per heavy atom. The molecule has 0 radical (unpaired) electrons. The third kappa shape index (κ3) is 4.53. The Morgan fingerprint density at radius 1 is 1.00 bits per heavy atom. The van der Waals surface area contributed by atoms with Crippen LogP contribution in [0.5, 0.6) is 5.75 Å². The lowest BCUT2D eigenvalue weighted by atomic mass is 10.0. The van der Waals surface area contributed by atoms with Crippen LogP contribution in [0.2, 0.25) is 0 Å². The van der Waals surface area contributed by atoms with Gasteiger partial charge >= 0.3 is 0 Å². The van der Waals surface area contributed by atoms with Crippen molar-refractivity contribution in [2.24, 2.45) is 5.84 Å². The number of nitrogens with zero attached hydrogens (tertiary/aromatic N) is 2. The second kappa shape index (κ2) is 9.34. The number of rotatable bonds is 7. The average molecular weight is 413 g/mol. The average Bonchev–Trinajstić information content (AvgIpc) is 2.83. The number of hydrazine groups is 1. The van der Waals surface area contributed by atoms with E-state index < -0.39 is 0 Å². The minimum atomic E-state index is -0.379. The zero-order valence-corrected chi connectivity index (χ0v) is 17.1. The number of hydrogen-bond donors (Lipinski definition) is 3. The van der Waals surface area contributed by atoms with E-state index in [1.807, 2.05) is 55.6 Å². The van der Waals surface area contributed by atoms with Gasteiger partial charge < -0.3 is 10.1 Å². The van der Waals surface area contributed by atoms with E-state index in [2.05, 4.69) is 20.7 Å². The van der Waals surface area contributed by atoms with Gasteiger partial charge in [0.1, 0.15) is 12.4 Å². The first kappa shape index (κ1) is 20.5. The number of aromatic nitrogens is 2. The van der Waals surface area contributed by atoms with Gasteiger partial charge in [-0.15, -0.1) is 0 Å². The lowest BCUT2D eigenvalue weighted by Crippen LogP contribution is -2.30. The maximum atomic E-state index is 12.3. The van der Waals surface area contributed by atoms with E-state index in [1.54, 1.807) is 24.5 Å². The van der Waals surface area contributed by atoms with Crippen LogP contribution in [0.25, 0.3) is 33.3 Å². The largest absolute Gasteiger partial charge is 0.492 e. The molecule has 31 heavy (non-hydrogen) atoms. The molecule has 7 nitrogen and oxygen atoms in total. The van der Waals surface area contributed by atoms with Crippen LogP contribution in [0, 0.1) is 0 Å². The van der Waals surface area contributed by atoms with Gasteiger partial charge in [-0.25, -0.2) is 10.8 Å². The zero-order valence-electron chi connectivity index (χ0n) is 17.1. The Hall–Kier alpha value is -3.81. The number of carbonyl (C=O) groups is 1. The molecule has 1 amide bonds. The fourth-order valence-electron chi connectivity index (χ4n) is 3.33. The van der Waals surface area contributed by atoms with Gasteiger partial charge in [-0.2, -0.15) is 0 Å². The van der Waals surface area contributed by atoms with Gasteiger partial charge in [0.05, 0.1) is 16.8 Å². The smallest absolute Gasteiger partial charge is 0.265 e. The highest BCUT2D eigenvalue weighted by molar-refractivity contribution is 6.06. The summed E-state index contributed by atoms with van der Waals surface area (Å²) < 4.78 is 5.67. The monoisotopic (exact) mass is 413 g/mol. The lowest BCUT2D eigenvalue weighted by molar-refractivity contribution is 0.0955. The van der Waals surface area contributed by atoms with E-state index in [-0.39, 0.29) is 5.91 Å². The van der Waals surface area contributed by atoms with Gasteiger partial charge in [0.25, 0.3) is 5.91 Å². The summed E-state index contributed by atoms with van der Waals surface area (Å²) in [5.74, 6) is 5.82. The van der Waals surface area contributed by atoms with Gasteiger partial charge in [0.15, 0.2) is 0 Å². The highest BCUT2D eigenvalue weighted by Gasteiger charge is 2.13. The van der Waals surface area contributed by atoms with Crippen molar-refractivity contribution in [3.8, 4) is 28.1 Å². The van der Waals surface area contributed by atoms with Crippen LogP contribution < -0.4 is 21.3 Å². The van der Waals surface area contributed by atoms with Crippen LogP contribution >= 0.6 is 0 Å². The molecule has 0 saturated carbocycles. The number of nitrogens with two attached hydrogens (primary N) is 1. The van der Waals surface area contributed by atoms with Crippen molar-refractivity contribution in [1.82, 2.24) is 20.7 Å². The number of nitrogen functional groups attached to an aromatic ring is 1. The molecule has 0 unspecified atom stereocenters. The van der Waals surface area contributed by atoms with Crippen LogP contribution in [0.4, 0.5) is 0 Å². The molecule has 156 valence electrons. The van der Waals surface area contributed by atoms with Crippen LogP contribution in [-0.2, 0) is 0 Å². The molecule has 0 atom stereocenters. The second-order valence-electron chi connectivity index (χ2n) is 6.98. The number of fused-ring (bicyclic) bond motifs is 1. The fraction of sp³-hybridized carbons (Fsp3) is 0.125. The van der Waals surface area contributed by atoms with Gasteiger partial charge in [0.2, 0.25) is 0 Å². The number of nitrogens with one attached hydrogen (secondary N) is 2. The van der Waals surface area contributed by atoms with Crippen molar-refractivity contribution in [2.75, 3.05) is 20.2 Å². The second-order valence-corrected chi connectivity index (χ2v) is 6.98. The Balaban J connectivity index is 1.61. The van der Waals surface area contributed by atoms with Gasteiger partial charge in [-0.1, -0.05) is 36.4 Å². The van der Waals surface area contributed by atoms with E-state index in [9.17, 15) is 4.79 Å². The van der Waals surface area contributed by atoms with Crippen LogP contribution in [0.1, 0.15) is 10.4 Å². The topological polar surface area (TPSA) is 102 Å². The third-order valence-corrected chi connectivity index (χ3v) is 4.98. The van der Waals surface area contributed by atoms with E-state index in [1.165, 1.54) is 0 Å². The van der Waals surface area contributed by atoms with E-state index in [0.29, 0.717) is 28.8 Å². The highest BCUT2D eigenvalue weighted by atomic mass is 16.5. The number of carbonyl (C=O) groups excluding carboxylic acids is 1. The number of benzene rings is 2. The number of hydrogen-bond acceptors (Lipinski definition) is 6. The number of likely N-dealkylation sites (N-methyl/N-ethyl adjacent to an activating group) is 1. The first-order valence-electron chi connectivity index (χ1n) is 9.93. The molecule has 0 spiro atoms. The Kier molecular flexibility index (Phi) is 6.16. The molecule has 4 N–H and O–H groups in total. The summed E-state index contributed by atoms with van der Waals surface area (Å²) in [5, 5.41) is 3.71. The van der Waals surface area contributed by atoms with Crippen molar-refractivity contribution < 1.29 is 9.53 Å². The molecule has 0 aliphatic rings. The number of ether oxygens (including phenoxy) is 1. The summed E-state index contributed by atoms with van der Waals surface area (Å²) in [6.07, 6.45) is 3.27. The molecule has 7 heteroatoms. The molecule has 2 aromatic carbocycles. The van der Waals surface area contributed by atoms with Crippen LogP contribution in [-0.4, -0.2) is 36.1 Å². The van der Waals surface area contributed by atoms with Crippen molar-refractivity contribution >= 4 is 16.8 Å². The quantitative estimate of drug-likeness (QED) is 0.186. The predicted molar refractivity (Wildman–Crippen MR) is 121 cm³/mol. The normalized spacial score (nSPS) is 10.8. The van der Waals surface area contributed by atoms with Crippen LogP contribution in [0.15, 0.2) is 73.1 Å². The molecule has 0 aliphatic heterocycles. The minimum Gasteiger partial charge on any atom is -0.492 e. The summed E-state index contributed by atoms with van der Waals surface area (Å²) in [6.45, 7) is 1.43. The van der Waals surface area contributed by atoms with Crippen molar-refractivity contribution in [1.29, 1.82) is 0 Å². The first-order chi connectivity index (χ1) is 15.2. The van der Waals surface area contributed by atoms with Crippen LogP contribution in [0.3, 0.4) is 0 Å². The molecule has 4 aromatic rings. The summed E-state index contributed by atoms with van der Waals surface area (Å²) in [5.41, 5.74) is 7.08. The number of amides is 1. The minimum absolute atomic E-state index is 0.379.